The molecule has 0 aliphatic heterocycles. The van der Waals surface area contributed by atoms with Gasteiger partial charge in [-0.05, 0) is 44.2 Å². The van der Waals surface area contributed by atoms with Crippen molar-refractivity contribution in [3.8, 4) is 28.5 Å². The number of benzene rings is 2. The molecule has 0 fully saturated rings. The molecule has 5 nitrogen and oxygen atoms in total. The number of hydrogen-bond donors (Lipinski definition) is 0. The smallest absolute Gasteiger partial charge is 0.181 e. The summed E-state index contributed by atoms with van der Waals surface area (Å²) in [6.45, 7) is 4.11. The molecule has 0 saturated carbocycles. The van der Waals surface area contributed by atoms with E-state index in [1.54, 1.807) is 13.2 Å². The molecule has 0 aliphatic carbocycles. The van der Waals surface area contributed by atoms with Crippen LogP contribution in [-0.2, 0) is 0 Å². The van der Waals surface area contributed by atoms with Crippen LogP contribution in [0, 0.1) is 0 Å². The quantitative estimate of drug-likeness (QED) is 0.666. The molecule has 0 saturated heterocycles. The third-order valence-corrected chi connectivity index (χ3v) is 3.75. The highest BCUT2D eigenvalue weighted by Crippen LogP contribution is 2.26. The Kier molecular flexibility index (Phi) is 4.42. The first-order valence-electron chi connectivity index (χ1n) is 7.79. The number of carbonyl (C=O) groups is 1. The average Bonchev–Trinajstić information content (AvgIpc) is 3.07. The second kappa shape index (κ2) is 6.66. The Labute approximate surface area is 140 Å². The van der Waals surface area contributed by atoms with Crippen LogP contribution in [0.4, 0.5) is 0 Å². The maximum absolute atomic E-state index is 11.0. The van der Waals surface area contributed by atoms with Gasteiger partial charge in [-0.2, -0.15) is 5.10 Å². The largest absolute Gasteiger partial charge is 0.497 e. The minimum Gasteiger partial charge on any atom is -0.497 e. The molecule has 0 amide bonds. The van der Waals surface area contributed by atoms with Crippen molar-refractivity contribution in [1.29, 1.82) is 0 Å². The molecule has 0 aliphatic rings. The fourth-order valence-corrected chi connectivity index (χ4v) is 2.49. The van der Waals surface area contributed by atoms with E-state index in [0.717, 1.165) is 29.0 Å². The van der Waals surface area contributed by atoms with Crippen LogP contribution < -0.4 is 4.74 Å². The summed E-state index contributed by atoms with van der Waals surface area (Å²) in [4.78, 5) is 15.7. The van der Waals surface area contributed by atoms with Gasteiger partial charge in [0.05, 0.1) is 7.11 Å². The summed E-state index contributed by atoms with van der Waals surface area (Å²) in [5, 5.41) is 4.64. The van der Waals surface area contributed by atoms with Gasteiger partial charge in [-0.1, -0.05) is 18.2 Å². The molecular formula is C19H19N3O2. The van der Waals surface area contributed by atoms with Gasteiger partial charge >= 0.3 is 0 Å². The van der Waals surface area contributed by atoms with Crippen molar-refractivity contribution in [1.82, 2.24) is 14.8 Å². The summed E-state index contributed by atoms with van der Waals surface area (Å²) in [7, 11) is 1.64. The van der Waals surface area contributed by atoms with Gasteiger partial charge in [0.1, 0.15) is 12.0 Å². The van der Waals surface area contributed by atoms with Gasteiger partial charge in [0.15, 0.2) is 11.6 Å². The molecule has 1 aromatic heterocycles. The molecule has 3 aromatic rings. The van der Waals surface area contributed by atoms with Crippen molar-refractivity contribution >= 4 is 6.29 Å². The first-order valence-corrected chi connectivity index (χ1v) is 7.79. The fraction of sp³-hybridized carbons (Fsp3) is 0.211. The van der Waals surface area contributed by atoms with Crippen LogP contribution >= 0.6 is 0 Å². The zero-order chi connectivity index (χ0) is 17.1. The molecule has 2 aromatic carbocycles. The zero-order valence-corrected chi connectivity index (χ0v) is 13.9. The lowest BCUT2D eigenvalue weighted by molar-refractivity contribution is 0.112. The molecule has 0 N–H and O–H groups in total. The monoisotopic (exact) mass is 321 g/mol. The van der Waals surface area contributed by atoms with Gasteiger partial charge < -0.3 is 4.74 Å². The Morgan fingerprint density at radius 2 is 1.83 bits per heavy atom. The summed E-state index contributed by atoms with van der Waals surface area (Å²) < 4.78 is 7.07. The second-order valence-corrected chi connectivity index (χ2v) is 5.77. The molecule has 1 heterocycles. The minimum atomic E-state index is 0.152. The highest BCUT2D eigenvalue weighted by molar-refractivity contribution is 5.78. The minimum absolute atomic E-state index is 0.152. The first kappa shape index (κ1) is 15.9. The number of hydrogen-bond acceptors (Lipinski definition) is 4. The molecule has 0 spiro atoms. The molecule has 5 heteroatoms. The maximum atomic E-state index is 11.0. The van der Waals surface area contributed by atoms with Crippen LogP contribution in [0.1, 0.15) is 30.2 Å². The molecular weight excluding hydrogens is 302 g/mol. The first-order chi connectivity index (χ1) is 11.6. The molecule has 24 heavy (non-hydrogen) atoms. The van der Waals surface area contributed by atoms with Crippen LogP contribution in [0.5, 0.6) is 5.75 Å². The summed E-state index contributed by atoms with van der Waals surface area (Å²) in [5.41, 5.74) is 2.42. The lowest BCUT2D eigenvalue weighted by Gasteiger charge is -2.09. The van der Waals surface area contributed by atoms with Crippen LogP contribution in [-0.4, -0.2) is 28.2 Å². The third-order valence-electron chi connectivity index (χ3n) is 3.75. The zero-order valence-electron chi connectivity index (χ0n) is 13.9. The SMILES string of the molecule is COc1ccc(-c2nc(-c3cccc(C=O)c3)n(C(C)C)n2)cc1. The van der Waals surface area contributed by atoms with Gasteiger partial charge in [0.25, 0.3) is 0 Å². The number of ether oxygens (including phenoxy) is 1. The van der Waals surface area contributed by atoms with E-state index in [1.165, 1.54) is 0 Å². The van der Waals surface area contributed by atoms with Gasteiger partial charge in [-0.15, -0.1) is 0 Å². The molecule has 0 bridgehead atoms. The van der Waals surface area contributed by atoms with E-state index in [9.17, 15) is 4.79 Å². The van der Waals surface area contributed by atoms with E-state index < -0.39 is 0 Å². The highest BCUT2D eigenvalue weighted by atomic mass is 16.5. The fourth-order valence-electron chi connectivity index (χ4n) is 2.49. The molecule has 0 unspecified atom stereocenters. The lowest BCUT2D eigenvalue weighted by atomic mass is 10.1. The van der Waals surface area contributed by atoms with Crippen molar-refractivity contribution in [3.05, 3.63) is 54.1 Å². The number of nitrogens with zero attached hydrogens (tertiary/aromatic N) is 3. The van der Waals surface area contributed by atoms with Gasteiger partial charge in [0, 0.05) is 22.7 Å². The van der Waals surface area contributed by atoms with Gasteiger partial charge in [-0.25, -0.2) is 9.67 Å². The summed E-state index contributed by atoms with van der Waals surface area (Å²) in [6, 6.07) is 15.2. The van der Waals surface area contributed by atoms with Crippen molar-refractivity contribution < 1.29 is 9.53 Å². The Hall–Kier alpha value is -2.95. The van der Waals surface area contributed by atoms with E-state index in [-0.39, 0.29) is 6.04 Å². The Bertz CT molecular complexity index is 851. The number of methoxy groups -OCH3 is 1. The van der Waals surface area contributed by atoms with Crippen molar-refractivity contribution in [2.45, 2.75) is 19.9 Å². The summed E-state index contributed by atoms with van der Waals surface area (Å²) in [6.07, 6.45) is 0.837. The van der Waals surface area contributed by atoms with Crippen LogP contribution in [0.2, 0.25) is 0 Å². The van der Waals surface area contributed by atoms with E-state index in [0.29, 0.717) is 11.4 Å². The summed E-state index contributed by atoms with van der Waals surface area (Å²) in [5.74, 6) is 2.19. The predicted molar refractivity (Wildman–Crippen MR) is 93.2 cm³/mol. The molecule has 0 radical (unpaired) electrons. The highest BCUT2D eigenvalue weighted by Gasteiger charge is 2.16. The number of rotatable bonds is 5. The lowest BCUT2D eigenvalue weighted by Crippen LogP contribution is -2.05. The standard InChI is InChI=1S/C19H19N3O2/c1-13(2)22-19(16-6-4-5-14(11-16)12-23)20-18(21-22)15-7-9-17(24-3)10-8-15/h4-13H,1-3H3. The van der Waals surface area contributed by atoms with E-state index in [4.69, 9.17) is 9.72 Å². The van der Waals surface area contributed by atoms with Crippen molar-refractivity contribution in [2.75, 3.05) is 7.11 Å². The summed E-state index contributed by atoms with van der Waals surface area (Å²) >= 11 is 0. The van der Waals surface area contributed by atoms with Crippen LogP contribution in [0.15, 0.2) is 48.5 Å². The topological polar surface area (TPSA) is 57.0 Å². The van der Waals surface area contributed by atoms with Crippen molar-refractivity contribution in [3.63, 3.8) is 0 Å². The molecule has 0 atom stereocenters. The van der Waals surface area contributed by atoms with Crippen LogP contribution in [0.3, 0.4) is 0 Å². The van der Waals surface area contributed by atoms with Crippen LogP contribution in [0.25, 0.3) is 22.8 Å². The van der Waals surface area contributed by atoms with Crippen molar-refractivity contribution in [2.24, 2.45) is 0 Å². The average molecular weight is 321 g/mol. The van der Waals surface area contributed by atoms with Gasteiger partial charge in [0.2, 0.25) is 0 Å². The maximum Gasteiger partial charge on any atom is 0.181 e. The Morgan fingerprint density at radius 3 is 2.46 bits per heavy atom. The number of aromatic nitrogens is 3. The predicted octanol–water partition coefficient (Wildman–Crippen LogP) is 4.01. The number of aldehydes is 1. The van der Waals surface area contributed by atoms with E-state index >= 15 is 0 Å². The normalized spacial score (nSPS) is 10.8. The van der Waals surface area contributed by atoms with Gasteiger partial charge in [-0.3, -0.25) is 4.79 Å². The molecule has 122 valence electrons. The Morgan fingerprint density at radius 1 is 1.08 bits per heavy atom. The number of carbonyl (C=O) groups excluding carboxylic acids is 1. The third kappa shape index (κ3) is 3.06. The Balaban J connectivity index is 2.08. The molecule has 3 rings (SSSR count). The van der Waals surface area contributed by atoms with E-state index in [1.807, 2.05) is 47.1 Å². The second-order valence-electron chi connectivity index (χ2n) is 5.77. The van der Waals surface area contributed by atoms with E-state index in [2.05, 4.69) is 18.9 Å².